The standard InChI is InChI=1S/C20H15FN4OS/c21-14-6-7-15-12(9-14)5-8-16(15)23-19(26)13-10-22-25(11-13)20-24-17-3-1-2-4-18(17)27-20/h1-4,6-7,9-11,16H,5,8H2,(H,23,26). The minimum atomic E-state index is -0.238. The summed E-state index contributed by atoms with van der Waals surface area (Å²) < 4.78 is 16.0. The van der Waals surface area contributed by atoms with E-state index in [2.05, 4.69) is 15.4 Å². The Morgan fingerprint density at radius 1 is 1.26 bits per heavy atom. The molecule has 1 atom stereocenters. The highest BCUT2D eigenvalue weighted by atomic mass is 32.1. The zero-order valence-corrected chi connectivity index (χ0v) is 15.0. The Morgan fingerprint density at radius 3 is 3.04 bits per heavy atom. The van der Waals surface area contributed by atoms with Crippen LogP contribution in [0, 0.1) is 5.82 Å². The summed E-state index contributed by atoms with van der Waals surface area (Å²) in [5.41, 5.74) is 3.34. The number of hydrogen-bond donors (Lipinski definition) is 1. The molecule has 5 nitrogen and oxygen atoms in total. The molecular formula is C20H15FN4OS. The van der Waals surface area contributed by atoms with Gasteiger partial charge < -0.3 is 5.32 Å². The van der Waals surface area contributed by atoms with Crippen molar-refractivity contribution in [2.75, 3.05) is 0 Å². The van der Waals surface area contributed by atoms with E-state index in [4.69, 9.17) is 0 Å². The Kier molecular flexibility index (Phi) is 3.75. The molecule has 2 aromatic heterocycles. The zero-order valence-electron chi connectivity index (χ0n) is 14.2. The third-order valence-corrected chi connectivity index (χ3v) is 5.84. The molecule has 1 amide bonds. The second kappa shape index (κ2) is 6.28. The van der Waals surface area contributed by atoms with E-state index in [1.54, 1.807) is 29.2 Å². The summed E-state index contributed by atoms with van der Waals surface area (Å²) >= 11 is 1.52. The fourth-order valence-corrected chi connectivity index (χ4v) is 4.38. The molecule has 2 aromatic carbocycles. The average molecular weight is 378 g/mol. The van der Waals surface area contributed by atoms with Gasteiger partial charge in [0.2, 0.25) is 5.13 Å². The third kappa shape index (κ3) is 2.90. The molecule has 1 unspecified atom stereocenters. The van der Waals surface area contributed by atoms with Gasteiger partial charge in [-0.25, -0.2) is 14.1 Å². The topological polar surface area (TPSA) is 59.8 Å². The van der Waals surface area contributed by atoms with Gasteiger partial charge in [0.15, 0.2) is 0 Å². The Bertz CT molecular complexity index is 1130. The average Bonchev–Trinajstić information content (AvgIpc) is 3.39. The maximum Gasteiger partial charge on any atom is 0.254 e. The molecule has 2 heterocycles. The maximum absolute atomic E-state index is 13.4. The van der Waals surface area contributed by atoms with Gasteiger partial charge in [-0.05, 0) is 48.2 Å². The lowest BCUT2D eigenvalue weighted by molar-refractivity contribution is 0.0936. The Morgan fingerprint density at radius 2 is 2.15 bits per heavy atom. The van der Waals surface area contributed by atoms with Crippen LogP contribution in [0.25, 0.3) is 15.3 Å². The molecule has 4 aromatic rings. The van der Waals surface area contributed by atoms with E-state index in [0.717, 1.165) is 39.3 Å². The number of halogens is 1. The molecule has 0 radical (unpaired) electrons. The highest BCUT2D eigenvalue weighted by molar-refractivity contribution is 7.20. The fourth-order valence-electron chi connectivity index (χ4n) is 3.48. The van der Waals surface area contributed by atoms with Gasteiger partial charge >= 0.3 is 0 Å². The lowest BCUT2D eigenvalue weighted by Crippen LogP contribution is -2.26. The number of amides is 1. The lowest BCUT2D eigenvalue weighted by atomic mass is 10.1. The van der Waals surface area contributed by atoms with Crippen molar-refractivity contribution in [3.05, 3.63) is 77.4 Å². The van der Waals surface area contributed by atoms with Crippen molar-refractivity contribution in [1.29, 1.82) is 0 Å². The number of carbonyl (C=O) groups is 1. The molecule has 7 heteroatoms. The van der Waals surface area contributed by atoms with Crippen molar-refractivity contribution in [2.45, 2.75) is 18.9 Å². The summed E-state index contributed by atoms with van der Waals surface area (Å²) in [7, 11) is 0. The molecule has 0 bridgehead atoms. The molecular weight excluding hydrogens is 363 g/mol. The highest BCUT2D eigenvalue weighted by Crippen LogP contribution is 2.31. The minimum absolute atomic E-state index is 0.0982. The van der Waals surface area contributed by atoms with Crippen molar-refractivity contribution in [3.8, 4) is 5.13 Å². The SMILES string of the molecule is O=C(NC1CCc2cc(F)ccc21)c1cnn(-c2nc3ccccc3s2)c1. The zero-order chi connectivity index (χ0) is 18.4. The van der Waals surface area contributed by atoms with Gasteiger partial charge in [-0.15, -0.1) is 0 Å². The fraction of sp³-hybridized carbons (Fsp3) is 0.150. The van der Waals surface area contributed by atoms with Gasteiger partial charge in [-0.3, -0.25) is 4.79 Å². The van der Waals surface area contributed by atoms with Crippen LogP contribution in [0.2, 0.25) is 0 Å². The number of fused-ring (bicyclic) bond motifs is 2. The number of aromatic nitrogens is 3. The molecule has 0 saturated heterocycles. The van der Waals surface area contributed by atoms with Crippen LogP contribution >= 0.6 is 11.3 Å². The van der Waals surface area contributed by atoms with E-state index in [9.17, 15) is 9.18 Å². The van der Waals surface area contributed by atoms with Crippen molar-refractivity contribution in [3.63, 3.8) is 0 Å². The van der Waals surface area contributed by atoms with E-state index in [-0.39, 0.29) is 17.8 Å². The molecule has 0 spiro atoms. The number of para-hydroxylation sites is 1. The molecule has 0 saturated carbocycles. The highest BCUT2D eigenvalue weighted by Gasteiger charge is 2.25. The van der Waals surface area contributed by atoms with E-state index in [1.807, 2.05) is 24.3 Å². The lowest BCUT2D eigenvalue weighted by Gasteiger charge is -2.13. The van der Waals surface area contributed by atoms with Crippen LogP contribution in [0.15, 0.2) is 54.9 Å². The number of hydrogen-bond acceptors (Lipinski definition) is 4. The molecule has 134 valence electrons. The number of benzene rings is 2. The second-order valence-electron chi connectivity index (χ2n) is 6.55. The number of carbonyl (C=O) groups excluding carboxylic acids is 1. The quantitative estimate of drug-likeness (QED) is 0.585. The van der Waals surface area contributed by atoms with Gasteiger partial charge in [0.25, 0.3) is 5.91 Å². The Balaban J connectivity index is 1.36. The maximum atomic E-state index is 13.4. The number of thiazole rings is 1. The molecule has 1 N–H and O–H groups in total. The summed E-state index contributed by atoms with van der Waals surface area (Å²) in [6.45, 7) is 0. The van der Waals surface area contributed by atoms with Crippen molar-refractivity contribution in [1.82, 2.24) is 20.1 Å². The van der Waals surface area contributed by atoms with Gasteiger partial charge in [-0.1, -0.05) is 29.5 Å². The summed E-state index contributed by atoms with van der Waals surface area (Å²) in [5, 5.41) is 8.04. The smallest absolute Gasteiger partial charge is 0.254 e. The summed E-state index contributed by atoms with van der Waals surface area (Å²) in [4.78, 5) is 17.2. The molecule has 5 rings (SSSR count). The second-order valence-corrected chi connectivity index (χ2v) is 7.55. The Labute approximate surface area is 158 Å². The van der Waals surface area contributed by atoms with E-state index >= 15 is 0 Å². The first-order chi connectivity index (χ1) is 13.2. The first kappa shape index (κ1) is 16.1. The van der Waals surface area contributed by atoms with Crippen LogP contribution in [0.4, 0.5) is 4.39 Å². The van der Waals surface area contributed by atoms with Crippen LogP contribution < -0.4 is 5.32 Å². The van der Waals surface area contributed by atoms with Crippen LogP contribution in [-0.4, -0.2) is 20.7 Å². The van der Waals surface area contributed by atoms with Gasteiger partial charge in [0.05, 0.1) is 28.0 Å². The van der Waals surface area contributed by atoms with E-state index in [1.165, 1.54) is 17.4 Å². The molecule has 1 aliphatic rings. The molecule has 0 fully saturated rings. The predicted octanol–water partition coefficient (Wildman–Crippen LogP) is 4.04. The van der Waals surface area contributed by atoms with Gasteiger partial charge in [0.1, 0.15) is 5.82 Å². The van der Waals surface area contributed by atoms with Crippen LogP contribution in [0.3, 0.4) is 0 Å². The number of aryl methyl sites for hydroxylation is 1. The first-order valence-electron chi connectivity index (χ1n) is 8.67. The van der Waals surface area contributed by atoms with Crippen molar-refractivity contribution in [2.24, 2.45) is 0 Å². The monoisotopic (exact) mass is 378 g/mol. The summed E-state index contributed by atoms with van der Waals surface area (Å²) in [6, 6.07) is 12.5. The number of nitrogens with zero attached hydrogens (tertiary/aromatic N) is 3. The largest absolute Gasteiger partial charge is 0.345 e. The van der Waals surface area contributed by atoms with Crippen LogP contribution in [0.5, 0.6) is 0 Å². The van der Waals surface area contributed by atoms with Crippen molar-refractivity contribution < 1.29 is 9.18 Å². The van der Waals surface area contributed by atoms with Gasteiger partial charge in [-0.2, -0.15) is 5.10 Å². The number of rotatable bonds is 3. The van der Waals surface area contributed by atoms with Crippen LogP contribution in [0.1, 0.15) is 33.9 Å². The van der Waals surface area contributed by atoms with Gasteiger partial charge in [0, 0.05) is 6.20 Å². The Hall–Kier alpha value is -3.06. The first-order valence-corrected chi connectivity index (χ1v) is 9.49. The molecule has 27 heavy (non-hydrogen) atoms. The minimum Gasteiger partial charge on any atom is -0.345 e. The summed E-state index contributed by atoms with van der Waals surface area (Å²) in [6.07, 6.45) is 4.77. The third-order valence-electron chi connectivity index (χ3n) is 4.81. The van der Waals surface area contributed by atoms with Crippen LogP contribution in [-0.2, 0) is 6.42 Å². The van der Waals surface area contributed by atoms with E-state index < -0.39 is 0 Å². The number of nitrogens with one attached hydrogen (secondary N) is 1. The molecule has 1 aliphatic carbocycles. The van der Waals surface area contributed by atoms with E-state index in [0.29, 0.717) is 5.56 Å². The molecule has 0 aliphatic heterocycles. The predicted molar refractivity (Wildman–Crippen MR) is 102 cm³/mol. The summed E-state index contributed by atoms with van der Waals surface area (Å²) in [5.74, 6) is -0.428. The van der Waals surface area contributed by atoms with Crippen molar-refractivity contribution >= 4 is 27.5 Å². The normalized spacial score (nSPS) is 15.8.